The minimum Gasteiger partial charge on any atom is -0.363 e. The molecular formula is C19H24FN5O. The molecule has 0 unspecified atom stereocenters. The molecule has 6 nitrogen and oxygen atoms in total. The number of halogens is 1. The topological polar surface area (TPSA) is 61.4 Å². The third-order valence-electron chi connectivity index (χ3n) is 4.46. The van der Waals surface area contributed by atoms with E-state index in [1.807, 2.05) is 25.1 Å². The van der Waals surface area contributed by atoms with Crippen molar-refractivity contribution in [2.24, 2.45) is 0 Å². The Labute approximate surface area is 153 Å². The Morgan fingerprint density at radius 3 is 2.96 bits per heavy atom. The van der Waals surface area contributed by atoms with E-state index in [1.54, 1.807) is 18.5 Å². The molecule has 0 saturated carbocycles. The van der Waals surface area contributed by atoms with Gasteiger partial charge in [-0.25, -0.2) is 14.4 Å². The van der Waals surface area contributed by atoms with Gasteiger partial charge in [-0.15, -0.1) is 0 Å². The number of anilines is 2. The van der Waals surface area contributed by atoms with Crippen LogP contribution in [0.3, 0.4) is 0 Å². The van der Waals surface area contributed by atoms with Crippen LogP contribution in [0.4, 0.5) is 16.0 Å². The molecule has 1 aromatic heterocycles. The van der Waals surface area contributed by atoms with Gasteiger partial charge in [-0.1, -0.05) is 12.1 Å². The fraction of sp³-hybridized carbons (Fsp3) is 0.421. The number of rotatable bonds is 5. The van der Waals surface area contributed by atoms with E-state index in [1.165, 1.54) is 12.1 Å². The number of aromatic nitrogens is 2. The number of benzene rings is 1. The lowest BCUT2D eigenvalue weighted by Crippen LogP contribution is -2.48. The zero-order chi connectivity index (χ0) is 18.5. The molecule has 26 heavy (non-hydrogen) atoms. The Hall–Kier alpha value is -2.70. The number of amides is 1. The second-order valence-electron chi connectivity index (χ2n) is 6.79. The van der Waals surface area contributed by atoms with Crippen molar-refractivity contribution in [2.75, 3.05) is 37.0 Å². The van der Waals surface area contributed by atoms with Gasteiger partial charge in [0, 0.05) is 39.3 Å². The minimum absolute atomic E-state index is 0.0579. The van der Waals surface area contributed by atoms with Gasteiger partial charge in [0.05, 0.1) is 6.42 Å². The Balaban J connectivity index is 1.60. The molecule has 1 amide bonds. The average molecular weight is 357 g/mol. The van der Waals surface area contributed by atoms with Gasteiger partial charge in [0.25, 0.3) is 0 Å². The van der Waals surface area contributed by atoms with Crippen molar-refractivity contribution in [3.63, 3.8) is 0 Å². The molecule has 1 atom stereocenters. The summed E-state index contributed by atoms with van der Waals surface area (Å²) in [6.45, 7) is 1.61. The van der Waals surface area contributed by atoms with Gasteiger partial charge in [-0.05, 0) is 30.5 Å². The number of hydrogen-bond acceptors (Lipinski definition) is 5. The zero-order valence-corrected chi connectivity index (χ0v) is 15.2. The summed E-state index contributed by atoms with van der Waals surface area (Å²) < 4.78 is 13.3. The molecule has 1 aliphatic rings. The van der Waals surface area contributed by atoms with Crippen molar-refractivity contribution in [1.82, 2.24) is 15.3 Å². The van der Waals surface area contributed by atoms with Gasteiger partial charge in [0.15, 0.2) is 0 Å². The normalized spacial score (nSPS) is 17.0. The summed E-state index contributed by atoms with van der Waals surface area (Å²) in [6.07, 6.45) is 3.66. The molecule has 0 bridgehead atoms. The Morgan fingerprint density at radius 1 is 1.35 bits per heavy atom. The number of nitrogens with one attached hydrogen (secondary N) is 1. The Bertz CT molecular complexity index is 767. The standard InChI is InChI=1S/C19H24FN5O/c1-24(2)17-11-18(22-13-21-17)25-8-4-7-16(12-25)23-19(26)10-14-5-3-6-15(20)9-14/h3,5-6,9,11,13,16H,4,7-8,10,12H2,1-2H3,(H,23,26)/t16-/m1/s1. The summed E-state index contributed by atoms with van der Waals surface area (Å²) in [6, 6.07) is 8.18. The van der Waals surface area contributed by atoms with Gasteiger partial charge < -0.3 is 15.1 Å². The lowest BCUT2D eigenvalue weighted by molar-refractivity contribution is -0.121. The Kier molecular flexibility index (Phi) is 5.65. The summed E-state index contributed by atoms with van der Waals surface area (Å²) in [5.41, 5.74) is 0.682. The average Bonchev–Trinajstić information content (AvgIpc) is 2.62. The predicted molar refractivity (Wildman–Crippen MR) is 99.8 cm³/mol. The molecule has 1 fully saturated rings. The second kappa shape index (κ2) is 8.12. The van der Waals surface area contributed by atoms with Crippen LogP contribution in [0.25, 0.3) is 0 Å². The number of nitrogens with zero attached hydrogens (tertiary/aromatic N) is 4. The number of hydrogen-bond donors (Lipinski definition) is 1. The van der Waals surface area contributed by atoms with Gasteiger partial charge in [0.2, 0.25) is 5.91 Å². The van der Waals surface area contributed by atoms with Crippen LogP contribution in [0, 0.1) is 5.82 Å². The maximum absolute atomic E-state index is 13.3. The minimum atomic E-state index is -0.320. The monoisotopic (exact) mass is 357 g/mol. The highest BCUT2D eigenvalue weighted by atomic mass is 19.1. The summed E-state index contributed by atoms with van der Waals surface area (Å²) in [7, 11) is 3.88. The van der Waals surface area contributed by atoms with Crippen LogP contribution < -0.4 is 15.1 Å². The van der Waals surface area contributed by atoms with Crippen LogP contribution in [0.2, 0.25) is 0 Å². The van der Waals surface area contributed by atoms with Gasteiger partial charge in [-0.3, -0.25) is 4.79 Å². The van der Waals surface area contributed by atoms with Gasteiger partial charge >= 0.3 is 0 Å². The first-order valence-electron chi connectivity index (χ1n) is 8.79. The quantitative estimate of drug-likeness (QED) is 0.887. The maximum Gasteiger partial charge on any atom is 0.224 e. The lowest BCUT2D eigenvalue weighted by atomic mass is 10.0. The summed E-state index contributed by atoms with van der Waals surface area (Å²) in [5.74, 6) is 1.32. The van der Waals surface area contributed by atoms with Crippen LogP contribution in [-0.4, -0.2) is 49.1 Å². The first-order chi connectivity index (χ1) is 12.5. The maximum atomic E-state index is 13.3. The van der Waals surface area contributed by atoms with E-state index >= 15 is 0 Å². The molecule has 7 heteroatoms. The first-order valence-corrected chi connectivity index (χ1v) is 8.79. The summed E-state index contributed by atoms with van der Waals surface area (Å²) in [4.78, 5) is 25.0. The predicted octanol–water partition coefficient (Wildman–Crippen LogP) is 2.01. The fourth-order valence-corrected chi connectivity index (χ4v) is 3.17. The van der Waals surface area contributed by atoms with E-state index in [2.05, 4.69) is 20.2 Å². The molecule has 2 heterocycles. The molecule has 138 valence electrons. The second-order valence-corrected chi connectivity index (χ2v) is 6.79. The third-order valence-corrected chi connectivity index (χ3v) is 4.46. The van der Waals surface area contributed by atoms with E-state index in [9.17, 15) is 9.18 Å². The largest absolute Gasteiger partial charge is 0.363 e. The Morgan fingerprint density at radius 2 is 2.19 bits per heavy atom. The van der Waals surface area contributed by atoms with Crippen LogP contribution in [0.5, 0.6) is 0 Å². The fourth-order valence-electron chi connectivity index (χ4n) is 3.17. The molecular weight excluding hydrogens is 333 g/mol. The molecule has 1 aromatic carbocycles. The smallest absolute Gasteiger partial charge is 0.224 e. The third kappa shape index (κ3) is 4.68. The molecule has 1 aliphatic heterocycles. The molecule has 0 radical (unpaired) electrons. The van der Waals surface area contributed by atoms with Crippen LogP contribution in [0.15, 0.2) is 36.7 Å². The van der Waals surface area contributed by atoms with Crippen molar-refractivity contribution in [2.45, 2.75) is 25.3 Å². The van der Waals surface area contributed by atoms with Crippen LogP contribution in [0.1, 0.15) is 18.4 Å². The first kappa shape index (κ1) is 18.1. The van der Waals surface area contributed by atoms with Gasteiger partial charge in [0.1, 0.15) is 23.8 Å². The summed E-state index contributed by atoms with van der Waals surface area (Å²) >= 11 is 0. The lowest BCUT2D eigenvalue weighted by Gasteiger charge is -2.34. The van der Waals surface area contributed by atoms with Crippen molar-refractivity contribution < 1.29 is 9.18 Å². The van der Waals surface area contributed by atoms with Crippen molar-refractivity contribution in [3.05, 3.63) is 48.0 Å². The van der Waals surface area contributed by atoms with Crippen molar-refractivity contribution in [3.8, 4) is 0 Å². The van der Waals surface area contributed by atoms with E-state index < -0.39 is 0 Å². The van der Waals surface area contributed by atoms with E-state index in [4.69, 9.17) is 0 Å². The SMILES string of the molecule is CN(C)c1cc(N2CCC[C@@H](NC(=O)Cc3cccc(F)c3)C2)ncn1. The highest BCUT2D eigenvalue weighted by molar-refractivity contribution is 5.79. The van der Waals surface area contributed by atoms with Crippen molar-refractivity contribution >= 4 is 17.5 Å². The molecule has 0 aliphatic carbocycles. The number of piperidine rings is 1. The van der Waals surface area contributed by atoms with E-state index in [-0.39, 0.29) is 24.2 Å². The molecule has 0 spiro atoms. The molecule has 1 N–H and O–H groups in total. The van der Waals surface area contributed by atoms with E-state index in [0.29, 0.717) is 12.1 Å². The molecule has 3 rings (SSSR count). The van der Waals surface area contributed by atoms with Crippen LogP contribution in [-0.2, 0) is 11.2 Å². The number of carbonyl (C=O) groups is 1. The number of carbonyl (C=O) groups excluding carboxylic acids is 1. The highest BCUT2D eigenvalue weighted by Crippen LogP contribution is 2.20. The van der Waals surface area contributed by atoms with E-state index in [0.717, 1.165) is 31.0 Å². The van der Waals surface area contributed by atoms with Gasteiger partial charge in [-0.2, -0.15) is 0 Å². The molecule has 1 saturated heterocycles. The highest BCUT2D eigenvalue weighted by Gasteiger charge is 2.23. The van der Waals surface area contributed by atoms with Crippen LogP contribution >= 0.6 is 0 Å². The summed E-state index contributed by atoms with van der Waals surface area (Å²) in [5, 5.41) is 3.07. The zero-order valence-electron chi connectivity index (χ0n) is 15.2. The molecule has 2 aromatic rings. The van der Waals surface area contributed by atoms with Crippen molar-refractivity contribution in [1.29, 1.82) is 0 Å².